The smallest absolute Gasteiger partial charge is 0.155 e. The maximum Gasteiger partial charge on any atom is 0.155 e. The normalized spacial score (nSPS) is 22.1. The highest BCUT2D eigenvalue weighted by Gasteiger charge is 2.40. The van der Waals surface area contributed by atoms with Gasteiger partial charge in [0.25, 0.3) is 0 Å². The molecule has 3 heteroatoms. The van der Waals surface area contributed by atoms with E-state index in [1.165, 1.54) is 0 Å². The Bertz CT molecular complexity index is 434. The van der Waals surface area contributed by atoms with E-state index < -0.39 is 0 Å². The Morgan fingerprint density at radius 3 is 2.53 bits per heavy atom. The van der Waals surface area contributed by atoms with Crippen LogP contribution in [0.4, 0.5) is 0 Å². The van der Waals surface area contributed by atoms with E-state index in [1.807, 2.05) is 12.1 Å². The monoisotopic (exact) mass is 233 g/mol. The molecule has 1 aromatic rings. The van der Waals surface area contributed by atoms with Crippen LogP contribution >= 0.6 is 0 Å². The molecule has 0 bridgehead atoms. The topological polar surface area (TPSA) is 40.5 Å². The number of hydrogen-bond donors (Lipinski definition) is 1. The van der Waals surface area contributed by atoms with E-state index >= 15 is 0 Å². The number of ketones is 1. The summed E-state index contributed by atoms with van der Waals surface area (Å²) in [5, 5.41) is 9.89. The van der Waals surface area contributed by atoms with Crippen molar-refractivity contribution in [1.82, 2.24) is 4.90 Å². The molecule has 1 aliphatic rings. The van der Waals surface area contributed by atoms with Crippen LogP contribution in [0.25, 0.3) is 0 Å². The molecule has 0 radical (unpaired) electrons. The molecule has 1 atom stereocenters. The second-order valence-electron chi connectivity index (χ2n) is 5.54. The number of carbonyl (C=O) groups is 1. The maximum atomic E-state index is 12.0. The SMILES string of the molecule is CC(C)(C)N1CCC(=O)C1c1ccccc1O. The van der Waals surface area contributed by atoms with Crippen molar-refractivity contribution in [2.75, 3.05) is 6.54 Å². The van der Waals surface area contributed by atoms with E-state index in [9.17, 15) is 9.90 Å². The number of aromatic hydroxyl groups is 1. The number of carbonyl (C=O) groups excluding carboxylic acids is 1. The van der Waals surface area contributed by atoms with Gasteiger partial charge in [-0.15, -0.1) is 0 Å². The van der Waals surface area contributed by atoms with Crippen LogP contribution in [0.2, 0.25) is 0 Å². The number of para-hydroxylation sites is 1. The highest BCUT2D eigenvalue weighted by molar-refractivity contribution is 5.88. The van der Waals surface area contributed by atoms with Crippen molar-refractivity contribution in [2.24, 2.45) is 0 Å². The molecule has 17 heavy (non-hydrogen) atoms. The van der Waals surface area contributed by atoms with E-state index in [0.29, 0.717) is 6.42 Å². The predicted octanol–water partition coefficient (Wildman–Crippen LogP) is 2.51. The molecule has 1 saturated heterocycles. The van der Waals surface area contributed by atoms with Crippen LogP contribution in [0.1, 0.15) is 38.8 Å². The van der Waals surface area contributed by atoms with E-state index in [1.54, 1.807) is 12.1 Å². The lowest BCUT2D eigenvalue weighted by molar-refractivity contribution is -0.121. The zero-order chi connectivity index (χ0) is 12.6. The molecule has 2 rings (SSSR count). The number of Topliss-reactive ketones (excluding diaryl/α,β-unsaturated/α-hetero) is 1. The van der Waals surface area contributed by atoms with Crippen molar-refractivity contribution in [3.63, 3.8) is 0 Å². The van der Waals surface area contributed by atoms with Crippen LogP contribution in [0.3, 0.4) is 0 Å². The summed E-state index contributed by atoms with van der Waals surface area (Å²) in [6.45, 7) is 7.05. The molecule has 1 heterocycles. The number of phenols is 1. The Hall–Kier alpha value is -1.35. The van der Waals surface area contributed by atoms with Crippen molar-refractivity contribution < 1.29 is 9.90 Å². The Morgan fingerprint density at radius 1 is 1.29 bits per heavy atom. The Morgan fingerprint density at radius 2 is 1.94 bits per heavy atom. The summed E-state index contributed by atoms with van der Waals surface area (Å²) in [6, 6.07) is 6.82. The largest absolute Gasteiger partial charge is 0.508 e. The minimum absolute atomic E-state index is 0.0703. The third-order valence-electron chi connectivity index (χ3n) is 3.31. The zero-order valence-corrected chi connectivity index (χ0v) is 10.6. The second kappa shape index (κ2) is 4.15. The first-order chi connectivity index (χ1) is 7.91. The molecule has 0 aromatic heterocycles. The van der Waals surface area contributed by atoms with Crippen LogP contribution in [0.15, 0.2) is 24.3 Å². The number of phenolic OH excluding ortho intramolecular Hbond substituents is 1. The summed E-state index contributed by atoms with van der Waals surface area (Å²) in [5.74, 6) is 0.406. The summed E-state index contributed by atoms with van der Waals surface area (Å²) in [7, 11) is 0. The molecule has 0 aliphatic carbocycles. The Balaban J connectivity index is 2.42. The van der Waals surface area contributed by atoms with Gasteiger partial charge < -0.3 is 5.11 Å². The Kier molecular flexibility index (Phi) is 2.96. The molecule has 0 saturated carbocycles. The highest BCUT2D eigenvalue weighted by atomic mass is 16.3. The van der Waals surface area contributed by atoms with Crippen LogP contribution < -0.4 is 0 Å². The van der Waals surface area contributed by atoms with E-state index in [0.717, 1.165) is 12.1 Å². The summed E-state index contributed by atoms with van der Waals surface area (Å²) in [4.78, 5) is 14.2. The number of hydrogen-bond acceptors (Lipinski definition) is 3. The summed E-state index contributed by atoms with van der Waals surface area (Å²) in [6.07, 6.45) is 0.566. The quantitative estimate of drug-likeness (QED) is 0.810. The molecule has 1 N–H and O–H groups in total. The molecular weight excluding hydrogens is 214 g/mol. The lowest BCUT2D eigenvalue weighted by Crippen LogP contribution is -2.41. The maximum absolute atomic E-state index is 12.0. The first-order valence-corrected chi connectivity index (χ1v) is 5.98. The number of benzene rings is 1. The van der Waals surface area contributed by atoms with Gasteiger partial charge in [0.05, 0.1) is 6.04 Å². The summed E-state index contributed by atoms with van der Waals surface area (Å²) in [5.41, 5.74) is 0.656. The standard InChI is InChI=1S/C14H19NO2/c1-14(2,3)15-9-8-12(17)13(15)10-6-4-5-7-11(10)16/h4-7,13,16H,8-9H2,1-3H3. The number of rotatable bonds is 1. The van der Waals surface area contributed by atoms with Gasteiger partial charge in [-0.05, 0) is 26.8 Å². The molecular formula is C14H19NO2. The molecule has 1 fully saturated rings. The highest BCUT2D eigenvalue weighted by Crippen LogP contribution is 2.38. The fourth-order valence-electron chi connectivity index (χ4n) is 2.45. The van der Waals surface area contributed by atoms with Crippen molar-refractivity contribution in [1.29, 1.82) is 0 Å². The first-order valence-electron chi connectivity index (χ1n) is 5.98. The lowest BCUT2D eigenvalue weighted by atomic mass is 9.98. The average molecular weight is 233 g/mol. The Labute approximate surface area is 102 Å². The zero-order valence-electron chi connectivity index (χ0n) is 10.6. The summed E-state index contributed by atoms with van der Waals surface area (Å²) < 4.78 is 0. The van der Waals surface area contributed by atoms with E-state index in [-0.39, 0.29) is 23.1 Å². The van der Waals surface area contributed by atoms with Crippen molar-refractivity contribution in [2.45, 2.75) is 38.8 Å². The van der Waals surface area contributed by atoms with Crippen LogP contribution in [-0.4, -0.2) is 27.9 Å². The average Bonchev–Trinajstić information content (AvgIpc) is 2.60. The molecule has 92 valence electrons. The second-order valence-corrected chi connectivity index (χ2v) is 5.54. The minimum atomic E-state index is -0.295. The molecule has 1 aromatic carbocycles. The van der Waals surface area contributed by atoms with Crippen molar-refractivity contribution >= 4 is 5.78 Å². The molecule has 1 unspecified atom stereocenters. The molecule has 3 nitrogen and oxygen atoms in total. The predicted molar refractivity (Wildman–Crippen MR) is 66.9 cm³/mol. The third kappa shape index (κ3) is 2.20. The fraction of sp³-hybridized carbons (Fsp3) is 0.500. The third-order valence-corrected chi connectivity index (χ3v) is 3.31. The van der Waals surface area contributed by atoms with Gasteiger partial charge in [0.1, 0.15) is 5.75 Å². The van der Waals surface area contributed by atoms with Gasteiger partial charge in [0.2, 0.25) is 0 Å². The van der Waals surface area contributed by atoms with Crippen LogP contribution in [-0.2, 0) is 4.79 Å². The van der Waals surface area contributed by atoms with E-state index in [4.69, 9.17) is 0 Å². The fourth-order valence-corrected chi connectivity index (χ4v) is 2.45. The molecule has 0 spiro atoms. The lowest BCUT2D eigenvalue weighted by Gasteiger charge is -2.36. The first kappa shape index (κ1) is 12.1. The number of likely N-dealkylation sites (tertiary alicyclic amines) is 1. The van der Waals surface area contributed by atoms with Gasteiger partial charge in [-0.3, -0.25) is 9.69 Å². The van der Waals surface area contributed by atoms with Crippen LogP contribution in [0, 0.1) is 0 Å². The van der Waals surface area contributed by atoms with Gasteiger partial charge in [0, 0.05) is 24.1 Å². The van der Waals surface area contributed by atoms with E-state index in [2.05, 4.69) is 25.7 Å². The van der Waals surface area contributed by atoms with Crippen molar-refractivity contribution in [3.05, 3.63) is 29.8 Å². The molecule has 0 amide bonds. The minimum Gasteiger partial charge on any atom is -0.508 e. The van der Waals surface area contributed by atoms with Crippen molar-refractivity contribution in [3.8, 4) is 5.75 Å². The summed E-state index contributed by atoms with van der Waals surface area (Å²) >= 11 is 0. The van der Waals surface area contributed by atoms with Crippen LogP contribution in [0.5, 0.6) is 5.75 Å². The van der Waals surface area contributed by atoms with Gasteiger partial charge in [-0.25, -0.2) is 0 Å². The number of nitrogens with zero attached hydrogens (tertiary/aromatic N) is 1. The van der Waals surface area contributed by atoms with Gasteiger partial charge in [0.15, 0.2) is 5.78 Å². The molecule has 1 aliphatic heterocycles. The van der Waals surface area contributed by atoms with Gasteiger partial charge in [-0.2, -0.15) is 0 Å². The van der Waals surface area contributed by atoms with Gasteiger partial charge in [-0.1, -0.05) is 18.2 Å². The van der Waals surface area contributed by atoms with Gasteiger partial charge >= 0.3 is 0 Å².